The van der Waals surface area contributed by atoms with Gasteiger partial charge in [0.1, 0.15) is 0 Å². The molecule has 0 aliphatic heterocycles. The summed E-state index contributed by atoms with van der Waals surface area (Å²) >= 11 is 0. The van der Waals surface area contributed by atoms with E-state index in [-0.39, 0.29) is 11.1 Å². The summed E-state index contributed by atoms with van der Waals surface area (Å²) in [6.45, 7) is 0. The van der Waals surface area contributed by atoms with Gasteiger partial charge in [-0.25, -0.2) is 14.4 Å². The summed E-state index contributed by atoms with van der Waals surface area (Å²) in [6, 6.07) is 13.9. The molecule has 0 saturated heterocycles. The van der Waals surface area contributed by atoms with Gasteiger partial charge in [0.25, 0.3) is 5.60 Å². The highest BCUT2D eigenvalue weighted by Gasteiger charge is 2.56. The smallest absolute Gasteiger partial charge is 0.357 e. The van der Waals surface area contributed by atoms with E-state index in [0.29, 0.717) is 0 Å². The molecule has 3 N–H and O–H groups in total. The number of carbonyl (C=O) groups excluding carboxylic acids is 3. The van der Waals surface area contributed by atoms with Gasteiger partial charge in [-0.05, 0) is 12.1 Å². The maximum atomic E-state index is 12.5. The van der Waals surface area contributed by atoms with Crippen LogP contribution in [0.5, 0.6) is 0 Å². The Morgan fingerprint density at radius 2 is 1.31 bits per heavy atom. The second kappa shape index (κ2) is 7.68. The number of hydrogen-bond donors (Lipinski definition) is 3. The van der Waals surface area contributed by atoms with Gasteiger partial charge in [0.05, 0.1) is 5.56 Å². The number of ether oxygens (including phenoxy) is 1. The van der Waals surface area contributed by atoms with Crippen molar-refractivity contribution >= 4 is 23.7 Å². The first-order valence-electron chi connectivity index (χ1n) is 7.33. The number of esters is 2. The maximum absolute atomic E-state index is 12.5. The minimum Gasteiger partial charge on any atom is -0.479 e. The van der Waals surface area contributed by atoms with Crippen molar-refractivity contribution in [1.29, 1.82) is 0 Å². The molecule has 0 unspecified atom stereocenters. The number of carboxylic acid groups (broad SMARTS) is 1. The molecule has 26 heavy (non-hydrogen) atoms. The molecule has 0 amide bonds. The molecule has 8 heteroatoms. The van der Waals surface area contributed by atoms with E-state index >= 15 is 0 Å². The quantitative estimate of drug-likeness (QED) is 0.384. The lowest BCUT2D eigenvalue weighted by atomic mass is 9.87. The number of aliphatic hydroxyl groups excluding tert-OH is 1. The second-order valence-electron chi connectivity index (χ2n) is 5.25. The molecule has 0 aromatic heterocycles. The zero-order valence-corrected chi connectivity index (χ0v) is 13.2. The lowest BCUT2D eigenvalue weighted by Gasteiger charge is -2.26. The number of benzene rings is 2. The molecule has 0 spiro atoms. The fourth-order valence-electron chi connectivity index (χ4n) is 2.11. The van der Waals surface area contributed by atoms with Gasteiger partial charge < -0.3 is 20.1 Å². The van der Waals surface area contributed by atoms with Crippen LogP contribution in [0.25, 0.3) is 0 Å². The number of carbonyl (C=O) groups is 4. The van der Waals surface area contributed by atoms with Crippen LogP contribution >= 0.6 is 0 Å². The molecule has 134 valence electrons. The van der Waals surface area contributed by atoms with Crippen LogP contribution in [0.2, 0.25) is 0 Å². The maximum Gasteiger partial charge on any atom is 0.357 e. The number of aliphatic carboxylic acids is 1. The molecular formula is C18H14O8. The summed E-state index contributed by atoms with van der Waals surface area (Å²) in [7, 11) is 0. The van der Waals surface area contributed by atoms with Gasteiger partial charge in [0.15, 0.2) is 6.10 Å². The predicted octanol–water partition coefficient (Wildman–Crippen LogP) is 0.429. The van der Waals surface area contributed by atoms with Gasteiger partial charge in [0, 0.05) is 5.56 Å². The molecule has 8 nitrogen and oxygen atoms in total. The summed E-state index contributed by atoms with van der Waals surface area (Å²) in [6.07, 6.45) is -2.84. The zero-order valence-electron chi connectivity index (χ0n) is 13.2. The Labute approximate surface area is 147 Å². The Morgan fingerprint density at radius 3 is 1.77 bits per heavy atom. The van der Waals surface area contributed by atoms with Gasteiger partial charge in [-0.1, -0.05) is 48.5 Å². The first-order valence-corrected chi connectivity index (χ1v) is 7.33. The van der Waals surface area contributed by atoms with E-state index in [0.717, 1.165) is 0 Å². The van der Waals surface area contributed by atoms with Crippen molar-refractivity contribution in [1.82, 2.24) is 0 Å². The molecule has 0 aliphatic rings. The van der Waals surface area contributed by atoms with Crippen LogP contribution in [0.3, 0.4) is 0 Å². The summed E-state index contributed by atoms with van der Waals surface area (Å²) in [5, 5.41) is 29.1. The summed E-state index contributed by atoms with van der Waals surface area (Å²) in [5.74, 6) is -6.57. The molecule has 2 rings (SSSR count). The average Bonchev–Trinajstić information content (AvgIpc) is 2.67. The van der Waals surface area contributed by atoms with Crippen LogP contribution in [-0.2, 0) is 14.3 Å². The molecule has 2 aromatic rings. The molecular weight excluding hydrogens is 344 g/mol. The largest absolute Gasteiger partial charge is 0.479 e. The number of aliphatic hydroxyl groups is 2. The van der Waals surface area contributed by atoms with E-state index in [1.807, 2.05) is 0 Å². The molecule has 0 saturated carbocycles. The minimum absolute atomic E-state index is 0.0693. The Morgan fingerprint density at radius 1 is 0.846 bits per heavy atom. The zero-order chi connectivity index (χ0) is 19.3. The first-order chi connectivity index (χ1) is 12.3. The number of ketones is 1. The van der Waals surface area contributed by atoms with Gasteiger partial charge in [-0.15, -0.1) is 0 Å². The van der Waals surface area contributed by atoms with E-state index in [9.17, 15) is 29.4 Å². The first kappa shape index (κ1) is 19.0. The Kier molecular flexibility index (Phi) is 5.61. The fraction of sp³-hybridized carbons (Fsp3) is 0.111. The summed E-state index contributed by atoms with van der Waals surface area (Å²) in [4.78, 5) is 47.8. The van der Waals surface area contributed by atoms with Crippen molar-refractivity contribution in [2.75, 3.05) is 0 Å². The van der Waals surface area contributed by atoms with Gasteiger partial charge >= 0.3 is 17.9 Å². The van der Waals surface area contributed by atoms with Crippen molar-refractivity contribution in [3.05, 3.63) is 71.8 Å². The molecule has 2 atom stereocenters. The highest BCUT2D eigenvalue weighted by atomic mass is 16.6. The Bertz CT molecular complexity index is 831. The predicted molar refractivity (Wildman–Crippen MR) is 86.2 cm³/mol. The third-order valence-electron chi connectivity index (χ3n) is 3.52. The van der Waals surface area contributed by atoms with E-state index in [1.54, 1.807) is 12.1 Å². The normalized spacial score (nSPS) is 13.9. The van der Waals surface area contributed by atoms with Crippen molar-refractivity contribution in [2.24, 2.45) is 0 Å². The molecule has 0 heterocycles. The van der Waals surface area contributed by atoms with E-state index < -0.39 is 35.4 Å². The number of carboxylic acids is 1. The monoisotopic (exact) mass is 358 g/mol. The van der Waals surface area contributed by atoms with Gasteiger partial charge in [-0.3, -0.25) is 4.79 Å². The summed E-state index contributed by atoms with van der Waals surface area (Å²) in [5.41, 5.74) is -3.82. The minimum atomic E-state index is -3.50. The molecule has 0 aliphatic carbocycles. The Balaban J connectivity index is 2.38. The average molecular weight is 358 g/mol. The van der Waals surface area contributed by atoms with Crippen molar-refractivity contribution in [3.8, 4) is 0 Å². The van der Waals surface area contributed by atoms with Crippen LogP contribution in [0.4, 0.5) is 0 Å². The number of Topliss-reactive ketones (excluding diaryl/α,β-unsaturated/α-hetero) is 1. The van der Waals surface area contributed by atoms with Gasteiger partial charge in [0.2, 0.25) is 5.78 Å². The molecule has 0 radical (unpaired) electrons. The number of rotatable bonds is 6. The fourth-order valence-corrected chi connectivity index (χ4v) is 2.11. The van der Waals surface area contributed by atoms with Crippen molar-refractivity contribution < 1.29 is 39.2 Å². The topological polar surface area (TPSA) is 138 Å². The highest BCUT2D eigenvalue weighted by molar-refractivity contribution is 6.19. The lowest BCUT2D eigenvalue weighted by Crippen LogP contribution is -2.59. The third kappa shape index (κ3) is 3.66. The van der Waals surface area contributed by atoms with E-state index in [1.165, 1.54) is 48.5 Å². The summed E-state index contributed by atoms with van der Waals surface area (Å²) < 4.78 is 4.44. The van der Waals surface area contributed by atoms with E-state index in [4.69, 9.17) is 5.11 Å². The van der Waals surface area contributed by atoms with Crippen LogP contribution in [0.1, 0.15) is 20.7 Å². The SMILES string of the molecule is O=C(OC(=O)[C@](O)(C(=O)c1ccccc1)[C@H](O)C(=O)O)c1ccccc1. The van der Waals surface area contributed by atoms with Crippen molar-refractivity contribution in [3.63, 3.8) is 0 Å². The number of hydrogen-bond acceptors (Lipinski definition) is 7. The van der Waals surface area contributed by atoms with Crippen LogP contribution < -0.4 is 0 Å². The standard InChI is InChI=1S/C18H14O8/c19-13(11-7-3-1-4-8-11)18(25,14(20)15(21)22)17(24)26-16(23)12-9-5-2-6-10-12/h1-10,14,20,25H,(H,21,22)/t14-,18+/m1/s1. The molecule has 0 fully saturated rings. The lowest BCUT2D eigenvalue weighted by molar-refractivity contribution is -0.175. The van der Waals surface area contributed by atoms with E-state index in [2.05, 4.69) is 4.74 Å². The molecule has 0 bridgehead atoms. The highest BCUT2D eigenvalue weighted by Crippen LogP contribution is 2.21. The van der Waals surface area contributed by atoms with Crippen LogP contribution in [-0.4, -0.2) is 50.7 Å². The molecule has 2 aromatic carbocycles. The van der Waals surface area contributed by atoms with Crippen LogP contribution in [0, 0.1) is 0 Å². The third-order valence-corrected chi connectivity index (χ3v) is 3.52. The van der Waals surface area contributed by atoms with Crippen LogP contribution in [0.15, 0.2) is 60.7 Å². The second-order valence-corrected chi connectivity index (χ2v) is 5.25. The van der Waals surface area contributed by atoms with Gasteiger partial charge in [-0.2, -0.15) is 0 Å². The Hall–Kier alpha value is -3.36. The van der Waals surface area contributed by atoms with Crippen molar-refractivity contribution in [2.45, 2.75) is 11.7 Å².